The van der Waals surface area contributed by atoms with Crippen molar-refractivity contribution in [3.63, 3.8) is 0 Å². The van der Waals surface area contributed by atoms with Crippen molar-refractivity contribution in [2.45, 2.75) is 33.7 Å². The average Bonchev–Trinajstić information content (AvgIpc) is 3.06. The fourth-order valence-electron chi connectivity index (χ4n) is 1.87. The molecule has 0 aromatic carbocycles. The Hall–Kier alpha value is -1.73. The van der Waals surface area contributed by atoms with Gasteiger partial charge in [-0.25, -0.2) is 4.98 Å². The van der Waals surface area contributed by atoms with Gasteiger partial charge in [0.2, 0.25) is 5.91 Å². The predicted molar refractivity (Wildman–Crippen MR) is 90.7 cm³/mol. The predicted octanol–water partition coefficient (Wildman–Crippen LogP) is 3.31. The minimum atomic E-state index is -0.229. The van der Waals surface area contributed by atoms with Crippen molar-refractivity contribution in [1.29, 1.82) is 0 Å². The van der Waals surface area contributed by atoms with Crippen LogP contribution < -0.4 is 5.32 Å². The number of anilines is 1. The Morgan fingerprint density at radius 2 is 2.09 bits per heavy atom. The molecule has 0 aliphatic rings. The number of aryl methyl sites for hydroxylation is 2. The lowest BCUT2D eigenvalue weighted by Gasteiger charge is -2.25. The van der Waals surface area contributed by atoms with Crippen molar-refractivity contribution in [2.75, 3.05) is 11.9 Å². The van der Waals surface area contributed by atoms with E-state index < -0.39 is 0 Å². The average molecular weight is 337 g/mol. The van der Waals surface area contributed by atoms with Crippen molar-refractivity contribution in [1.82, 2.24) is 9.88 Å². The van der Waals surface area contributed by atoms with Crippen molar-refractivity contribution in [3.8, 4) is 0 Å². The molecular formula is C15H19N3O2S2. The van der Waals surface area contributed by atoms with Gasteiger partial charge in [-0.2, -0.15) is 0 Å². The summed E-state index contributed by atoms with van der Waals surface area (Å²) in [5.74, 6) is -0.348. The smallest absolute Gasteiger partial charge is 0.264 e. The number of amides is 2. The summed E-state index contributed by atoms with van der Waals surface area (Å²) in [6.07, 6.45) is 0. The molecule has 0 saturated carbocycles. The molecule has 5 nitrogen and oxygen atoms in total. The SMILES string of the molecule is Cc1nc(NC(=O)CN(C(=O)c2cccs2)C(C)C)sc1C. The maximum absolute atomic E-state index is 12.4. The zero-order valence-electron chi connectivity index (χ0n) is 13.0. The molecule has 0 aliphatic carbocycles. The molecule has 7 heteroatoms. The standard InChI is InChI=1S/C15H19N3O2S2/c1-9(2)18(14(20)12-6-5-7-21-12)8-13(19)17-15-16-10(3)11(4)22-15/h5-7,9H,8H2,1-4H3,(H,16,17,19). The first-order valence-electron chi connectivity index (χ1n) is 6.97. The molecule has 0 atom stereocenters. The van der Waals surface area contributed by atoms with Crippen LogP contribution in [0.15, 0.2) is 17.5 Å². The van der Waals surface area contributed by atoms with E-state index in [0.29, 0.717) is 10.0 Å². The molecule has 22 heavy (non-hydrogen) atoms. The number of carbonyl (C=O) groups is 2. The maximum Gasteiger partial charge on any atom is 0.264 e. The second kappa shape index (κ2) is 7.02. The van der Waals surface area contributed by atoms with E-state index in [9.17, 15) is 9.59 Å². The summed E-state index contributed by atoms with van der Waals surface area (Å²) in [6.45, 7) is 7.69. The Bertz CT molecular complexity index is 643. The molecule has 2 aromatic heterocycles. The molecular weight excluding hydrogens is 318 g/mol. The van der Waals surface area contributed by atoms with Gasteiger partial charge in [0.1, 0.15) is 6.54 Å². The highest BCUT2D eigenvalue weighted by atomic mass is 32.1. The van der Waals surface area contributed by atoms with Gasteiger partial charge in [-0.3, -0.25) is 9.59 Å². The fraction of sp³-hybridized carbons (Fsp3) is 0.400. The third-order valence-electron chi connectivity index (χ3n) is 3.20. The summed E-state index contributed by atoms with van der Waals surface area (Å²) in [7, 11) is 0. The number of aromatic nitrogens is 1. The highest BCUT2D eigenvalue weighted by molar-refractivity contribution is 7.15. The van der Waals surface area contributed by atoms with E-state index in [1.165, 1.54) is 22.7 Å². The molecule has 0 bridgehead atoms. The van der Waals surface area contributed by atoms with Crippen LogP contribution in [0.2, 0.25) is 0 Å². The summed E-state index contributed by atoms with van der Waals surface area (Å²) in [6, 6.07) is 3.55. The normalized spacial score (nSPS) is 10.8. The van der Waals surface area contributed by atoms with Gasteiger partial charge in [0.25, 0.3) is 5.91 Å². The van der Waals surface area contributed by atoms with E-state index in [1.807, 2.05) is 39.1 Å². The summed E-state index contributed by atoms with van der Waals surface area (Å²) in [5.41, 5.74) is 0.913. The fourth-order valence-corrected chi connectivity index (χ4v) is 3.38. The van der Waals surface area contributed by atoms with Gasteiger partial charge in [0.05, 0.1) is 10.6 Å². The quantitative estimate of drug-likeness (QED) is 0.910. The molecule has 2 aromatic rings. The molecule has 2 heterocycles. The van der Waals surface area contributed by atoms with Gasteiger partial charge in [-0.15, -0.1) is 22.7 Å². The molecule has 0 unspecified atom stereocenters. The first kappa shape index (κ1) is 16.6. The zero-order chi connectivity index (χ0) is 16.3. The first-order chi connectivity index (χ1) is 10.4. The van der Waals surface area contributed by atoms with Crippen LogP contribution in [0.3, 0.4) is 0 Å². The van der Waals surface area contributed by atoms with Gasteiger partial charge < -0.3 is 10.2 Å². The largest absolute Gasteiger partial charge is 0.326 e. The molecule has 2 amide bonds. The second-order valence-electron chi connectivity index (χ2n) is 5.21. The van der Waals surface area contributed by atoms with Crippen LogP contribution in [0, 0.1) is 13.8 Å². The number of carbonyl (C=O) groups excluding carboxylic acids is 2. The number of rotatable bonds is 5. The number of nitrogens with one attached hydrogen (secondary N) is 1. The highest BCUT2D eigenvalue weighted by Gasteiger charge is 2.22. The van der Waals surface area contributed by atoms with Crippen molar-refractivity contribution >= 4 is 39.6 Å². The minimum absolute atomic E-state index is 0.0199. The van der Waals surface area contributed by atoms with E-state index in [0.717, 1.165) is 10.6 Å². The van der Waals surface area contributed by atoms with E-state index >= 15 is 0 Å². The van der Waals surface area contributed by atoms with E-state index in [-0.39, 0.29) is 24.4 Å². The van der Waals surface area contributed by atoms with Gasteiger partial charge in [-0.05, 0) is 39.1 Å². The lowest BCUT2D eigenvalue weighted by Crippen LogP contribution is -2.42. The van der Waals surface area contributed by atoms with Gasteiger partial charge in [0.15, 0.2) is 5.13 Å². The van der Waals surface area contributed by atoms with Crippen LogP contribution in [0.25, 0.3) is 0 Å². The highest BCUT2D eigenvalue weighted by Crippen LogP contribution is 2.21. The molecule has 1 N–H and O–H groups in total. The molecule has 118 valence electrons. The molecule has 0 saturated heterocycles. The third-order valence-corrected chi connectivity index (χ3v) is 5.05. The van der Waals surface area contributed by atoms with Gasteiger partial charge in [0, 0.05) is 10.9 Å². The Kier molecular flexibility index (Phi) is 5.31. The molecule has 2 rings (SSSR count). The lowest BCUT2D eigenvalue weighted by atomic mass is 10.3. The maximum atomic E-state index is 12.4. The Balaban J connectivity index is 2.04. The minimum Gasteiger partial charge on any atom is -0.326 e. The Morgan fingerprint density at radius 1 is 1.36 bits per heavy atom. The van der Waals surface area contributed by atoms with E-state index in [2.05, 4.69) is 10.3 Å². The van der Waals surface area contributed by atoms with Gasteiger partial charge in [-0.1, -0.05) is 6.07 Å². The third kappa shape index (κ3) is 3.92. The Morgan fingerprint density at radius 3 is 2.59 bits per heavy atom. The summed E-state index contributed by atoms with van der Waals surface area (Å²) in [5, 5.41) is 5.20. The number of hydrogen-bond acceptors (Lipinski definition) is 5. The molecule has 0 radical (unpaired) electrons. The number of hydrogen-bond donors (Lipinski definition) is 1. The van der Waals surface area contributed by atoms with Crippen molar-refractivity contribution < 1.29 is 9.59 Å². The monoisotopic (exact) mass is 337 g/mol. The number of nitrogens with zero attached hydrogens (tertiary/aromatic N) is 2. The number of thiazole rings is 1. The van der Waals surface area contributed by atoms with Crippen LogP contribution in [0.4, 0.5) is 5.13 Å². The van der Waals surface area contributed by atoms with Crippen molar-refractivity contribution in [3.05, 3.63) is 33.0 Å². The van der Waals surface area contributed by atoms with E-state index in [1.54, 1.807) is 11.0 Å². The van der Waals surface area contributed by atoms with Crippen LogP contribution in [0.5, 0.6) is 0 Å². The van der Waals surface area contributed by atoms with Crippen LogP contribution in [0.1, 0.15) is 34.1 Å². The molecule has 0 aliphatic heterocycles. The van der Waals surface area contributed by atoms with Gasteiger partial charge >= 0.3 is 0 Å². The van der Waals surface area contributed by atoms with Crippen LogP contribution in [-0.2, 0) is 4.79 Å². The second-order valence-corrected chi connectivity index (χ2v) is 7.36. The number of thiophene rings is 1. The first-order valence-corrected chi connectivity index (χ1v) is 8.66. The van der Waals surface area contributed by atoms with Crippen LogP contribution >= 0.6 is 22.7 Å². The Labute approximate surface area is 138 Å². The summed E-state index contributed by atoms with van der Waals surface area (Å²) in [4.78, 5) is 32.2. The zero-order valence-corrected chi connectivity index (χ0v) is 14.7. The lowest BCUT2D eigenvalue weighted by molar-refractivity contribution is -0.117. The molecule has 0 spiro atoms. The molecule has 0 fully saturated rings. The topological polar surface area (TPSA) is 62.3 Å². The summed E-state index contributed by atoms with van der Waals surface area (Å²) < 4.78 is 0. The summed E-state index contributed by atoms with van der Waals surface area (Å²) >= 11 is 2.82. The van der Waals surface area contributed by atoms with E-state index in [4.69, 9.17) is 0 Å². The van der Waals surface area contributed by atoms with Crippen molar-refractivity contribution in [2.24, 2.45) is 0 Å². The van der Waals surface area contributed by atoms with Crippen LogP contribution in [-0.4, -0.2) is 34.3 Å².